The number of halogens is 1. The number of carbonyl (C=O) groups excluding carboxylic acids is 1. The lowest BCUT2D eigenvalue weighted by atomic mass is 10.2. The fraction of sp³-hybridized carbons (Fsp3) is 0.278. The summed E-state index contributed by atoms with van der Waals surface area (Å²) >= 11 is 0. The summed E-state index contributed by atoms with van der Waals surface area (Å²) in [5.41, 5.74) is 0.852. The molecule has 0 spiro atoms. The van der Waals surface area contributed by atoms with Crippen LogP contribution >= 0.6 is 7.60 Å². The lowest BCUT2D eigenvalue weighted by Crippen LogP contribution is -2.29. The van der Waals surface area contributed by atoms with Crippen LogP contribution in [-0.4, -0.2) is 19.1 Å². The molecule has 134 valence electrons. The number of hydrogen-bond acceptors (Lipinski definition) is 4. The molecule has 0 aromatic heterocycles. The van der Waals surface area contributed by atoms with Crippen molar-refractivity contribution in [2.75, 3.05) is 13.2 Å². The molecule has 0 saturated heterocycles. The summed E-state index contributed by atoms with van der Waals surface area (Å²) in [5, 5.41) is 2.70. The van der Waals surface area contributed by atoms with Gasteiger partial charge < -0.3 is 14.4 Å². The first-order chi connectivity index (χ1) is 12.0. The number of benzene rings is 2. The van der Waals surface area contributed by atoms with Crippen LogP contribution in [0.1, 0.15) is 35.6 Å². The van der Waals surface area contributed by atoms with E-state index in [-0.39, 0.29) is 13.2 Å². The minimum absolute atomic E-state index is 0.149. The van der Waals surface area contributed by atoms with E-state index in [4.69, 9.17) is 9.05 Å². The van der Waals surface area contributed by atoms with E-state index >= 15 is 0 Å². The van der Waals surface area contributed by atoms with Gasteiger partial charge in [0.05, 0.1) is 13.2 Å². The Bertz CT molecular complexity index is 727. The van der Waals surface area contributed by atoms with Gasteiger partial charge in [-0.1, -0.05) is 30.3 Å². The maximum absolute atomic E-state index is 13.3. The number of amides is 1. The second kappa shape index (κ2) is 8.90. The zero-order chi connectivity index (χ0) is 18.3. The molecule has 1 N–H and O–H groups in total. The van der Waals surface area contributed by atoms with Gasteiger partial charge in [0, 0.05) is 5.56 Å². The van der Waals surface area contributed by atoms with Gasteiger partial charge in [0.15, 0.2) is 5.78 Å². The molecule has 1 amide bonds. The van der Waals surface area contributed by atoms with Gasteiger partial charge in [-0.05, 0) is 43.7 Å². The summed E-state index contributed by atoms with van der Waals surface area (Å²) in [6, 6.07) is 13.9. The number of rotatable bonds is 8. The van der Waals surface area contributed by atoms with E-state index in [2.05, 4.69) is 5.32 Å². The van der Waals surface area contributed by atoms with Crippen molar-refractivity contribution in [3.63, 3.8) is 0 Å². The maximum Gasteiger partial charge on any atom is 0.357 e. The van der Waals surface area contributed by atoms with E-state index in [1.807, 2.05) is 0 Å². The van der Waals surface area contributed by atoms with Crippen LogP contribution in [0.5, 0.6) is 0 Å². The molecule has 0 unspecified atom stereocenters. The maximum atomic E-state index is 13.3. The highest BCUT2D eigenvalue weighted by atomic mass is 31.2. The second-order valence-corrected chi connectivity index (χ2v) is 7.28. The van der Waals surface area contributed by atoms with Crippen LogP contribution in [-0.2, 0) is 13.6 Å². The first-order valence-corrected chi connectivity index (χ1v) is 9.61. The van der Waals surface area contributed by atoms with Crippen molar-refractivity contribution in [2.45, 2.75) is 19.6 Å². The van der Waals surface area contributed by atoms with E-state index < -0.39 is 25.1 Å². The van der Waals surface area contributed by atoms with Gasteiger partial charge in [-0.3, -0.25) is 9.36 Å². The summed E-state index contributed by atoms with van der Waals surface area (Å²) in [6.45, 7) is 3.67. The van der Waals surface area contributed by atoms with Crippen LogP contribution in [0.25, 0.3) is 0 Å². The van der Waals surface area contributed by atoms with Gasteiger partial charge in [-0.15, -0.1) is 0 Å². The highest BCUT2D eigenvalue weighted by Crippen LogP contribution is 2.59. The Morgan fingerprint density at radius 2 is 1.60 bits per heavy atom. The highest BCUT2D eigenvalue weighted by Gasteiger charge is 2.38. The second-order valence-electron chi connectivity index (χ2n) is 5.17. The molecular formula is C18H21FNO4P. The highest BCUT2D eigenvalue weighted by molar-refractivity contribution is 7.54. The van der Waals surface area contributed by atoms with Crippen LogP contribution in [0.3, 0.4) is 0 Å². The lowest BCUT2D eigenvalue weighted by molar-refractivity contribution is 0.0937. The van der Waals surface area contributed by atoms with Crippen molar-refractivity contribution >= 4 is 13.5 Å². The quantitative estimate of drug-likeness (QED) is 0.699. The standard InChI is InChI=1S/C18H21FNO4P/c1-3-23-25(22,24-4-2)18(15-10-12-16(19)13-11-15)20-17(21)14-8-6-5-7-9-14/h5-13,18H,3-4H2,1-2H3,(H,20,21)/t18-/m1/s1. The number of nitrogens with one attached hydrogen (secondary N) is 1. The predicted molar refractivity (Wildman–Crippen MR) is 93.9 cm³/mol. The van der Waals surface area contributed by atoms with Crippen LogP contribution in [0.2, 0.25) is 0 Å². The monoisotopic (exact) mass is 365 g/mol. The van der Waals surface area contributed by atoms with E-state index in [0.717, 1.165) is 0 Å². The molecule has 0 radical (unpaired) electrons. The predicted octanol–water partition coefficient (Wildman–Crippen LogP) is 4.52. The van der Waals surface area contributed by atoms with E-state index in [1.165, 1.54) is 24.3 Å². The Labute approximate surface area is 146 Å². The molecule has 0 fully saturated rings. The Balaban J connectivity index is 2.39. The molecular weight excluding hydrogens is 344 g/mol. The molecule has 2 rings (SSSR count). The lowest BCUT2D eigenvalue weighted by Gasteiger charge is -2.27. The summed E-state index contributed by atoms with van der Waals surface area (Å²) in [5.74, 6) is -1.89. The zero-order valence-electron chi connectivity index (χ0n) is 14.1. The Morgan fingerprint density at radius 3 is 2.12 bits per heavy atom. The van der Waals surface area contributed by atoms with Gasteiger partial charge in [-0.2, -0.15) is 0 Å². The largest absolute Gasteiger partial charge is 0.357 e. The molecule has 0 aliphatic carbocycles. The third kappa shape index (κ3) is 4.98. The normalized spacial score (nSPS) is 12.6. The summed E-state index contributed by atoms with van der Waals surface area (Å²) in [4.78, 5) is 12.5. The molecule has 5 nitrogen and oxygen atoms in total. The minimum atomic E-state index is -3.70. The van der Waals surface area contributed by atoms with Crippen molar-refractivity contribution < 1.29 is 22.8 Å². The summed E-state index contributed by atoms with van der Waals surface area (Å²) in [7, 11) is -3.70. The molecule has 25 heavy (non-hydrogen) atoms. The van der Waals surface area contributed by atoms with Gasteiger partial charge in [0.2, 0.25) is 0 Å². The van der Waals surface area contributed by atoms with Crippen molar-refractivity contribution in [3.8, 4) is 0 Å². The molecule has 7 heteroatoms. The minimum Gasteiger partial charge on any atom is -0.334 e. The molecule has 0 aliphatic rings. The molecule has 0 bridgehead atoms. The third-order valence-electron chi connectivity index (χ3n) is 3.42. The van der Waals surface area contributed by atoms with Crippen molar-refractivity contribution in [2.24, 2.45) is 0 Å². The van der Waals surface area contributed by atoms with Crippen LogP contribution in [0.15, 0.2) is 54.6 Å². The Kier molecular flexibility index (Phi) is 6.88. The van der Waals surface area contributed by atoms with Crippen molar-refractivity contribution in [1.82, 2.24) is 5.32 Å². The fourth-order valence-corrected chi connectivity index (χ4v) is 4.24. The first kappa shape index (κ1) is 19.3. The third-order valence-corrected chi connectivity index (χ3v) is 5.72. The average Bonchev–Trinajstić information content (AvgIpc) is 2.61. The van der Waals surface area contributed by atoms with Gasteiger partial charge in [-0.25, -0.2) is 4.39 Å². The zero-order valence-corrected chi connectivity index (χ0v) is 15.0. The molecule has 0 heterocycles. The molecule has 0 saturated carbocycles. The van der Waals surface area contributed by atoms with Crippen LogP contribution < -0.4 is 5.32 Å². The van der Waals surface area contributed by atoms with Crippen molar-refractivity contribution in [3.05, 3.63) is 71.5 Å². The van der Waals surface area contributed by atoms with Gasteiger partial charge in [0.1, 0.15) is 5.82 Å². The van der Waals surface area contributed by atoms with Crippen LogP contribution in [0, 0.1) is 5.82 Å². The molecule has 2 aromatic carbocycles. The smallest absolute Gasteiger partial charge is 0.334 e. The van der Waals surface area contributed by atoms with Gasteiger partial charge in [0.25, 0.3) is 5.91 Å². The Hall–Kier alpha value is -2.01. The summed E-state index contributed by atoms with van der Waals surface area (Å²) < 4.78 is 37.2. The molecule has 1 atom stereocenters. The Morgan fingerprint density at radius 1 is 1.04 bits per heavy atom. The molecule has 2 aromatic rings. The first-order valence-electron chi connectivity index (χ1n) is 8.00. The molecule has 0 aliphatic heterocycles. The number of hydrogen-bond donors (Lipinski definition) is 1. The van der Waals surface area contributed by atoms with E-state index in [9.17, 15) is 13.8 Å². The van der Waals surface area contributed by atoms with E-state index in [0.29, 0.717) is 11.1 Å². The topological polar surface area (TPSA) is 64.6 Å². The summed E-state index contributed by atoms with van der Waals surface area (Å²) in [6.07, 6.45) is 0. The van der Waals surface area contributed by atoms with Crippen molar-refractivity contribution in [1.29, 1.82) is 0 Å². The van der Waals surface area contributed by atoms with E-state index in [1.54, 1.807) is 44.2 Å². The fourth-order valence-electron chi connectivity index (χ4n) is 2.33. The number of carbonyl (C=O) groups is 1. The van der Waals surface area contributed by atoms with Crippen LogP contribution in [0.4, 0.5) is 4.39 Å². The average molecular weight is 365 g/mol. The van der Waals surface area contributed by atoms with Gasteiger partial charge >= 0.3 is 7.60 Å². The SMILES string of the molecule is CCOP(=O)(OCC)[C@@H](NC(=O)c1ccccc1)c1ccc(F)cc1.